The standard InChI is InChI=1S/C24H24ClN3O5S/c1-32-19-13-18(27-9-5-6-10-27)20(33-2)11-15(19)12-21-23(30)28(24(31)34-21)14-22(29)26-17-8-4-3-7-16(17)25/h3-4,7-8,11-13H,5-6,9-10,14H2,1-2H3,(H,26,29)/b21-12+. The largest absolute Gasteiger partial charge is 0.496 e. The van der Waals surface area contributed by atoms with Crippen molar-refractivity contribution in [3.63, 3.8) is 0 Å². The van der Waals surface area contributed by atoms with Crippen molar-refractivity contribution in [2.24, 2.45) is 0 Å². The van der Waals surface area contributed by atoms with E-state index in [1.165, 1.54) is 0 Å². The number of para-hydroxylation sites is 1. The second kappa shape index (κ2) is 10.4. The van der Waals surface area contributed by atoms with Crippen molar-refractivity contribution >= 4 is 57.9 Å². The number of halogens is 1. The average Bonchev–Trinajstić information content (AvgIpc) is 3.45. The Morgan fingerprint density at radius 2 is 1.82 bits per heavy atom. The Hall–Kier alpha value is -3.17. The van der Waals surface area contributed by atoms with E-state index in [4.69, 9.17) is 21.1 Å². The Labute approximate surface area is 206 Å². The number of benzene rings is 2. The van der Waals surface area contributed by atoms with Gasteiger partial charge in [-0.2, -0.15) is 0 Å². The van der Waals surface area contributed by atoms with Gasteiger partial charge in [0.05, 0.1) is 35.5 Å². The van der Waals surface area contributed by atoms with Crippen molar-refractivity contribution in [2.45, 2.75) is 12.8 Å². The zero-order chi connectivity index (χ0) is 24.2. The molecule has 0 spiro atoms. The summed E-state index contributed by atoms with van der Waals surface area (Å²) >= 11 is 6.84. The summed E-state index contributed by atoms with van der Waals surface area (Å²) in [6.45, 7) is 1.46. The zero-order valence-electron chi connectivity index (χ0n) is 18.8. The number of amides is 3. The molecule has 0 bridgehead atoms. The fourth-order valence-electron chi connectivity index (χ4n) is 3.90. The average molecular weight is 502 g/mol. The fourth-order valence-corrected chi connectivity index (χ4v) is 4.91. The summed E-state index contributed by atoms with van der Waals surface area (Å²) in [5, 5.41) is 2.46. The molecule has 4 rings (SSSR count). The molecule has 0 saturated carbocycles. The molecule has 8 nitrogen and oxygen atoms in total. The first-order valence-electron chi connectivity index (χ1n) is 10.7. The first-order chi connectivity index (χ1) is 16.4. The van der Waals surface area contributed by atoms with Gasteiger partial charge in [0.2, 0.25) is 5.91 Å². The number of thioether (sulfide) groups is 1. The highest BCUT2D eigenvalue weighted by Crippen LogP contribution is 2.40. The van der Waals surface area contributed by atoms with Gasteiger partial charge in [-0.3, -0.25) is 19.3 Å². The number of carbonyl (C=O) groups excluding carboxylic acids is 3. The topological polar surface area (TPSA) is 88.2 Å². The minimum absolute atomic E-state index is 0.199. The summed E-state index contributed by atoms with van der Waals surface area (Å²) < 4.78 is 11.2. The van der Waals surface area contributed by atoms with Crippen LogP contribution in [0.3, 0.4) is 0 Å². The van der Waals surface area contributed by atoms with E-state index in [-0.39, 0.29) is 4.91 Å². The van der Waals surface area contributed by atoms with E-state index in [1.807, 2.05) is 6.07 Å². The molecular weight excluding hydrogens is 478 g/mol. The number of hydrogen-bond donors (Lipinski definition) is 1. The summed E-state index contributed by atoms with van der Waals surface area (Å²) in [7, 11) is 3.15. The van der Waals surface area contributed by atoms with E-state index < -0.39 is 23.6 Å². The van der Waals surface area contributed by atoms with Crippen LogP contribution in [0.2, 0.25) is 5.02 Å². The van der Waals surface area contributed by atoms with Crippen LogP contribution in [-0.2, 0) is 9.59 Å². The molecule has 2 saturated heterocycles. The molecule has 2 aromatic rings. The van der Waals surface area contributed by atoms with Crippen LogP contribution in [0.1, 0.15) is 18.4 Å². The molecule has 0 aliphatic carbocycles. The molecule has 2 aliphatic rings. The van der Waals surface area contributed by atoms with Crippen molar-refractivity contribution in [1.29, 1.82) is 0 Å². The van der Waals surface area contributed by atoms with Crippen LogP contribution in [0.15, 0.2) is 41.3 Å². The number of nitrogens with one attached hydrogen (secondary N) is 1. The Bertz CT molecular complexity index is 1160. The molecule has 0 radical (unpaired) electrons. The van der Waals surface area contributed by atoms with E-state index in [0.717, 1.165) is 48.3 Å². The van der Waals surface area contributed by atoms with Crippen LogP contribution >= 0.6 is 23.4 Å². The van der Waals surface area contributed by atoms with Crippen LogP contribution in [0.25, 0.3) is 6.08 Å². The molecule has 2 aliphatic heterocycles. The fraction of sp³-hybridized carbons (Fsp3) is 0.292. The lowest BCUT2D eigenvalue weighted by Crippen LogP contribution is -2.36. The third kappa shape index (κ3) is 5.00. The normalized spacial score (nSPS) is 17.0. The van der Waals surface area contributed by atoms with Crippen LogP contribution in [0.4, 0.5) is 16.2 Å². The lowest BCUT2D eigenvalue weighted by molar-refractivity contribution is -0.127. The summed E-state index contributed by atoms with van der Waals surface area (Å²) in [5.74, 6) is 0.151. The van der Waals surface area contributed by atoms with E-state index in [9.17, 15) is 14.4 Å². The lowest BCUT2D eigenvalue weighted by Gasteiger charge is -2.22. The molecule has 10 heteroatoms. The van der Waals surface area contributed by atoms with Crippen LogP contribution in [-0.4, -0.2) is 55.8 Å². The van der Waals surface area contributed by atoms with Crippen molar-refractivity contribution < 1.29 is 23.9 Å². The highest BCUT2D eigenvalue weighted by molar-refractivity contribution is 8.18. The van der Waals surface area contributed by atoms with Crippen LogP contribution in [0, 0.1) is 0 Å². The SMILES string of the molecule is COc1cc(N2CCCC2)c(OC)cc1/C=C1/SC(=O)N(CC(=O)Nc2ccccc2Cl)C1=O. The van der Waals surface area contributed by atoms with E-state index in [1.54, 1.807) is 50.6 Å². The third-order valence-corrected chi connectivity index (χ3v) is 6.82. The van der Waals surface area contributed by atoms with Crippen molar-refractivity contribution in [1.82, 2.24) is 4.90 Å². The number of anilines is 2. The highest BCUT2D eigenvalue weighted by atomic mass is 35.5. The predicted octanol–water partition coefficient (Wildman–Crippen LogP) is 4.63. The first-order valence-corrected chi connectivity index (χ1v) is 11.9. The van der Waals surface area contributed by atoms with Crippen LogP contribution < -0.4 is 19.7 Å². The summed E-state index contributed by atoms with van der Waals surface area (Å²) in [6, 6.07) is 10.4. The molecule has 34 heavy (non-hydrogen) atoms. The van der Waals surface area contributed by atoms with Crippen molar-refractivity contribution in [3.8, 4) is 11.5 Å². The molecular formula is C24H24ClN3O5S. The van der Waals surface area contributed by atoms with Gasteiger partial charge in [0.25, 0.3) is 11.1 Å². The van der Waals surface area contributed by atoms with Gasteiger partial charge in [0, 0.05) is 24.7 Å². The molecule has 2 heterocycles. The van der Waals surface area contributed by atoms with Gasteiger partial charge < -0.3 is 19.7 Å². The first kappa shape index (κ1) is 24.0. The van der Waals surface area contributed by atoms with E-state index >= 15 is 0 Å². The zero-order valence-corrected chi connectivity index (χ0v) is 20.4. The lowest BCUT2D eigenvalue weighted by atomic mass is 10.1. The minimum Gasteiger partial charge on any atom is -0.496 e. The molecule has 1 N–H and O–H groups in total. The summed E-state index contributed by atoms with van der Waals surface area (Å²) in [4.78, 5) is 41.2. The Kier molecular flexibility index (Phi) is 7.33. The number of carbonyl (C=O) groups is 3. The molecule has 2 fully saturated rings. The molecule has 178 valence electrons. The number of nitrogens with zero attached hydrogens (tertiary/aromatic N) is 2. The van der Waals surface area contributed by atoms with Gasteiger partial charge in [-0.15, -0.1) is 0 Å². The quantitative estimate of drug-likeness (QED) is 0.553. The van der Waals surface area contributed by atoms with Gasteiger partial charge in [-0.1, -0.05) is 23.7 Å². The monoisotopic (exact) mass is 501 g/mol. The smallest absolute Gasteiger partial charge is 0.294 e. The molecule has 0 unspecified atom stereocenters. The van der Waals surface area contributed by atoms with Gasteiger partial charge in [0.15, 0.2) is 0 Å². The molecule has 2 aromatic carbocycles. The molecule has 0 atom stereocenters. The van der Waals surface area contributed by atoms with Gasteiger partial charge >= 0.3 is 0 Å². The van der Waals surface area contributed by atoms with Crippen molar-refractivity contribution in [3.05, 3.63) is 51.9 Å². The number of hydrogen-bond acceptors (Lipinski definition) is 7. The summed E-state index contributed by atoms with van der Waals surface area (Å²) in [5.41, 5.74) is 1.94. The number of methoxy groups -OCH3 is 2. The maximum absolute atomic E-state index is 12.9. The van der Waals surface area contributed by atoms with Crippen molar-refractivity contribution in [2.75, 3.05) is 44.1 Å². The maximum atomic E-state index is 12.9. The predicted molar refractivity (Wildman–Crippen MR) is 134 cm³/mol. The van der Waals surface area contributed by atoms with Gasteiger partial charge in [-0.05, 0) is 48.9 Å². The number of ether oxygens (including phenoxy) is 2. The Morgan fingerprint density at radius 1 is 1.12 bits per heavy atom. The number of rotatable bonds is 7. The molecule has 3 amide bonds. The Morgan fingerprint density at radius 3 is 2.50 bits per heavy atom. The molecule has 0 aromatic heterocycles. The third-order valence-electron chi connectivity index (χ3n) is 5.59. The van der Waals surface area contributed by atoms with Crippen LogP contribution in [0.5, 0.6) is 11.5 Å². The van der Waals surface area contributed by atoms with E-state index in [2.05, 4.69) is 10.2 Å². The Balaban J connectivity index is 1.54. The number of imide groups is 1. The second-order valence-corrected chi connectivity index (χ2v) is 9.16. The van der Waals surface area contributed by atoms with E-state index in [0.29, 0.717) is 27.8 Å². The highest BCUT2D eigenvalue weighted by Gasteiger charge is 2.36. The minimum atomic E-state index is -0.547. The summed E-state index contributed by atoms with van der Waals surface area (Å²) in [6.07, 6.45) is 3.82. The second-order valence-electron chi connectivity index (χ2n) is 7.76. The van der Waals surface area contributed by atoms with Gasteiger partial charge in [-0.25, -0.2) is 0 Å². The maximum Gasteiger partial charge on any atom is 0.294 e. The van der Waals surface area contributed by atoms with Gasteiger partial charge in [0.1, 0.15) is 18.0 Å².